The molecule has 2 rings (SSSR count). The van der Waals surface area contributed by atoms with Crippen molar-refractivity contribution in [2.45, 2.75) is 26.3 Å². The lowest BCUT2D eigenvalue weighted by Crippen LogP contribution is -2.24. The van der Waals surface area contributed by atoms with E-state index >= 15 is 0 Å². The minimum Gasteiger partial charge on any atom is -0.493 e. The number of nitrogen functional groups attached to an aromatic ring is 1. The standard InChI is InChI=1S/C15H19N3O2S/c1-2-13-9-18-15(21-13)10-17-14(19)7-8-20-12-5-3-11(16)4-6-12/h3-6,9H,2,7-8,10,16H2,1H3,(H,17,19). The summed E-state index contributed by atoms with van der Waals surface area (Å²) in [6.45, 7) is 2.91. The van der Waals surface area contributed by atoms with Crippen molar-refractivity contribution in [2.75, 3.05) is 12.3 Å². The lowest BCUT2D eigenvalue weighted by molar-refractivity contribution is -0.121. The monoisotopic (exact) mass is 305 g/mol. The average Bonchev–Trinajstić information content (AvgIpc) is 2.95. The van der Waals surface area contributed by atoms with Gasteiger partial charge in [-0.25, -0.2) is 4.98 Å². The zero-order valence-corrected chi connectivity index (χ0v) is 12.8. The van der Waals surface area contributed by atoms with Crippen LogP contribution >= 0.6 is 11.3 Å². The van der Waals surface area contributed by atoms with Crippen LogP contribution in [0.3, 0.4) is 0 Å². The van der Waals surface area contributed by atoms with E-state index in [2.05, 4.69) is 17.2 Å². The lowest BCUT2D eigenvalue weighted by Gasteiger charge is -2.06. The van der Waals surface area contributed by atoms with Gasteiger partial charge in [-0.3, -0.25) is 4.79 Å². The Hall–Kier alpha value is -2.08. The van der Waals surface area contributed by atoms with E-state index in [-0.39, 0.29) is 5.91 Å². The molecule has 21 heavy (non-hydrogen) atoms. The highest BCUT2D eigenvalue weighted by Gasteiger charge is 2.05. The maximum atomic E-state index is 11.7. The number of hydrogen-bond donors (Lipinski definition) is 2. The topological polar surface area (TPSA) is 77.2 Å². The Morgan fingerprint density at radius 1 is 1.38 bits per heavy atom. The number of carbonyl (C=O) groups excluding carboxylic acids is 1. The second kappa shape index (κ2) is 7.64. The molecule has 1 amide bonds. The number of aryl methyl sites for hydroxylation is 1. The molecular weight excluding hydrogens is 286 g/mol. The molecule has 1 aromatic carbocycles. The Labute approximate surface area is 128 Å². The zero-order valence-electron chi connectivity index (χ0n) is 12.0. The van der Waals surface area contributed by atoms with Gasteiger partial charge in [0.2, 0.25) is 5.91 Å². The van der Waals surface area contributed by atoms with Crippen LogP contribution in [0.2, 0.25) is 0 Å². The fourth-order valence-corrected chi connectivity index (χ4v) is 2.48. The van der Waals surface area contributed by atoms with Crippen LogP contribution in [0, 0.1) is 0 Å². The van der Waals surface area contributed by atoms with Crippen LogP contribution in [0.4, 0.5) is 5.69 Å². The maximum absolute atomic E-state index is 11.7. The number of anilines is 1. The molecule has 0 bridgehead atoms. The van der Waals surface area contributed by atoms with E-state index in [9.17, 15) is 4.79 Å². The third kappa shape index (κ3) is 5.07. The number of amides is 1. The Bertz CT molecular complexity index is 581. The Morgan fingerprint density at radius 3 is 2.81 bits per heavy atom. The first-order valence-electron chi connectivity index (χ1n) is 6.86. The molecule has 1 aromatic heterocycles. The van der Waals surface area contributed by atoms with Crippen molar-refractivity contribution in [2.24, 2.45) is 0 Å². The first kappa shape index (κ1) is 15.3. The van der Waals surface area contributed by atoms with Crippen molar-refractivity contribution in [3.63, 3.8) is 0 Å². The third-order valence-corrected chi connectivity index (χ3v) is 4.01. The van der Waals surface area contributed by atoms with Crippen LogP contribution in [0.5, 0.6) is 5.75 Å². The van der Waals surface area contributed by atoms with Gasteiger partial charge in [0.1, 0.15) is 10.8 Å². The van der Waals surface area contributed by atoms with Gasteiger partial charge in [0.15, 0.2) is 0 Å². The SMILES string of the molecule is CCc1cnc(CNC(=O)CCOc2ccc(N)cc2)s1. The highest BCUT2D eigenvalue weighted by molar-refractivity contribution is 7.11. The highest BCUT2D eigenvalue weighted by Crippen LogP contribution is 2.14. The van der Waals surface area contributed by atoms with E-state index in [1.54, 1.807) is 35.6 Å². The minimum absolute atomic E-state index is 0.0429. The van der Waals surface area contributed by atoms with Gasteiger partial charge >= 0.3 is 0 Å². The summed E-state index contributed by atoms with van der Waals surface area (Å²) in [5.41, 5.74) is 6.28. The van der Waals surface area contributed by atoms with Crippen LogP contribution in [0.15, 0.2) is 30.5 Å². The average molecular weight is 305 g/mol. The number of hydrogen-bond acceptors (Lipinski definition) is 5. The number of nitrogens with one attached hydrogen (secondary N) is 1. The van der Waals surface area contributed by atoms with Gasteiger partial charge in [-0.2, -0.15) is 0 Å². The van der Waals surface area contributed by atoms with Gasteiger partial charge in [0, 0.05) is 16.8 Å². The number of nitrogens with two attached hydrogens (primary N) is 1. The quantitative estimate of drug-likeness (QED) is 0.770. The molecule has 0 radical (unpaired) electrons. The number of nitrogens with zero attached hydrogens (tertiary/aromatic N) is 1. The maximum Gasteiger partial charge on any atom is 0.223 e. The molecule has 6 heteroatoms. The fraction of sp³-hybridized carbons (Fsp3) is 0.333. The number of carbonyl (C=O) groups is 1. The molecule has 0 fully saturated rings. The molecule has 0 unspecified atom stereocenters. The molecular formula is C15H19N3O2S. The van der Waals surface area contributed by atoms with E-state index in [1.165, 1.54) is 4.88 Å². The van der Waals surface area contributed by atoms with Gasteiger partial charge in [0.05, 0.1) is 19.6 Å². The number of aromatic nitrogens is 1. The largest absolute Gasteiger partial charge is 0.493 e. The predicted octanol–water partition coefficient (Wildman–Crippen LogP) is 2.37. The molecule has 0 saturated carbocycles. The second-order valence-electron chi connectivity index (χ2n) is 4.52. The summed E-state index contributed by atoms with van der Waals surface area (Å²) in [6.07, 6.45) is 3.15. The number of rotatable bonds is 7. The summed E-state index contributed by atoms with van der Waals surface area (Å²) in [6, 6.07) is 7.11. The van der Waals surface area contributed by atoms with Gasteiger partial charge in [-0.1, -0.05) is 6.92 Å². The van der Waals surface area contributed by atoms with Crippen molar-refractivity contribution in [3.05, 3.63) is 40.3 Å². The van der Waals surface area contributed by atoms with E-state index in [4.69, 9.17) is 10.5 Å². The van der Waals surface area contributed by atoms with Crippen LogP contribution in [-0.2, 0) is 17.8 Å². The normalized spacial score (nSPS) is 10.3. The molecule has 1 heterocycles. The van der Waals surface area contributed by atoms with Gasteiger partial charge in [0.25, 0.3) is 0 Å². The first-order valence-corrected chi connectivity index (χ1v) is 7.67. The van der Waals surface area contributed by atoms with E-state index in [0.717, 1.165) is 11.4 Å². The molecule has 112 valence electrons. The van der Waals surface area contributed by atoms with Crippen molar-refractivity contribution >= 4 is 22.9 Å². The Morgan fingerprint density at radius 2 is 2.14 bits per heavy atom. The highest BCUT2D eigenvalue weighted by atomic mass is 32.1. The number of benzene rings is 1. The van der Waals surface area contributed by atoms with Crippen molar-refractivity contribution in [1.29, 1.82) is 0 Å². The first-order chi connectivity index (χ1) is 10.2. The zero-order chi connectivity index (χ0) is 15.1. The molecule has 0 aliphatic heterocycles. The van der Waals surface area contributed by atoms with Crippen LogP contribution in [0.1, 0.15) is 23.2 Å². The summed E-state index contributed by atoms with van der Waals surface area (Å²) < 4.78 is 5.48. The van der Waals surface area contributed by atoms with E-state index in [1.807, 2.05) is 6.20 Å². The summed E-state index contributed by atoms with van der Waals surface area (Å²) >= 11 is 1.63. The Kier molecular flexibility index (Phi) is 5.57. The molecule has 0 aliphatic carbocycles. The summed E-state index contributed by atoms with van der Waals surface area (Å²) in [7, 11) is 0. The van der Waals surface area contributed by atoms with Crippen molar-refractivity contribution in [1.82, 2.24) is 10.3 Å². The fourth-order valence-electron chi connectivity index (χ4n) is 1.68. The number of ether oxygens (including phenoxy) is 1. The van der Waals surface area contributed by atoms with Gasteiger partial charge in [-0.05, 0) is 30.7 Å². The lowest BCUT2D eigenvalue weighted by atomic mass is 10.3. The summed E-state index contributed by atoms with van der Waals surface area (Å²) in [5.74, 6) is 0.670. The van der Waals surface area contributed by atoms with Crippen LogP contribution in [0.25, 0.3) is 0 Å². The minimum atomic E-state index is -0.0429. The molecule has 3 N–H and O–H groups in total. The Balaban J connectivity index is 1.66. The number of thiazole rings is 1. The predicted molar refractivity (Wildman–Crippen MR) is 84.3 cm³/mol. The molecule has 0 saturated heterocycles. The van der Waals surface area contributed by atoms with E-state index in [0.29, 0.717) is 31.0 Å². The van der Waals surface area contributed by atoms with Crippen molar-refractivity contribution in [3.8, 4) is 5.75 Å². The summed E-state index contributed by atoms with van der Waals surface area (Å²) in [4.78, 5) is 17.2. The van der Waals surface area contributed by atoms with Crippen LogP contribution < -0.4 is 15.8 Å². The smallest absolute Gasteiger partial charge is 0.223 e. The van der Waals surface area contributed by atoms with Crippen LogP contribution in [-0.4, -0.2) is 17.5 Å². The second-order valence-corrected chi connectivity index (χ2v) is 5.72. The molecule has 5 nitrogen and oxygen atoms in total. The van der Waals surface area contributed by atoms with E-state index < -0.39 is 0 Å². The summed E-state index contributed by atoms with van der Waals surface area (Å²) in [5, 5.41) is 3.77. The molecule has 2 aromatic rings. The molecule has 0 aliphatic rings. The van der Waals surface area contributed by atoms with Gasteiger partial charge < -0.3 is 15.8 Å². The van der Waals surface area contributed by atoms with Crippen molar-refractivity contribution < 1.29 is 9.53 Å². The third-order valence-electron chi connectivity index (χ3n) is 2.86. The molecule has 0 spiro atoms. The molecule has 0 atom stereocenters. The van der Waals surface area contributed by atoms with Gasteiger partial charge in [-0.15, -0.1) is 11.3 Å².